The van der Waals surface area contributed by atoms with Crippen LogP contribution in [0.1, 0.15) is 88.2 Å². The van der Waals surface area contributed by atoms with Gasteiger partial charge in [-0.25, -0.2) is 13.2 Å². The molecule has 0 nitrogen and oxygen atoms in total. The Balaban J connectivity index is 1.64. The van der Waals surface area contributed by atoms with Crippen LogP contribution < -0.4 is 0 Å². The second-order valence-electron chi connectivity index (χ2n) is 8.57. The third-order valence-corrected chi connectivity index (χ3v) is 6.60. The number of rotatable bonds is 4. The summed E-state index contributed by atoms with van der Waals surface area (Å²) in [7, 11) is 0. The van der Waals surface area contributed by atoms with Crippen molar-refractivity contribution >= 4 is 0 Å². The normalized spacial score (nSPS) is 28.1. The maximum atomic E-state index is 14.6. The minimum absolute atomic E-state index is 0.103. The van der Waals surface area contributed by atoms with E-state index in [0.29, 0.717) is 6.33 Å². The van der Waals surface area contributed by atoms with E-state index in [-0.39, 0.29) is 23.3 Å². The number of halogens is 3. The summed E-state index contributed by atoms with van der Waals surface area (Å²) in [5.74, 6) is 6.18. The molecule has 0 saturated heterocycles. The first-order valence-corrected chi connectivity index (χ1v) is 10.9. The highest BCUT2D eigenvalue weighted by Gasteiger charge is 2.24. The Bertz CT molecular complexity index is 701. The molecule has 0 radical (unpaired) electrons. The lowest BCUT2D eigenvalue weighted by Crippen LogP contribution is -2.14. The second-order valence-corrected chi connectivity index (χ2v) is 8.57. The molecule has 0 atom stereocenters. The summed E-state index contributed by atoms with van der Waals surface area (Å²) in [5, 5.41) is 0. The fourth-order valence-corrected chi connectivity index (χ4v) is 4.87. The van der Waals surface area contributed by atoms with Crippen molar-refractivity contribution < 1.29 is 13.2 Å². The van der Waals surface area contributed by atoms with Gasteiger partial charge in [-0.1, -0.05) is 37.7 Å². The van der Waals surface area contributed by atoms with Gasteiger partial charge in [0, 0.05) is 5.92 Å². The van der Waals surface area contributed by atoms with Gasteiger partial charge in [0.15, 0.2) is 0 Å². The van der Waals surface area contributed by atoms with Gasteiger partial charge in [0.1, 0.15) is 11.6 Å². The fourth-order valence-electron chi connectivity index (χ4n) is 4.87. The molecule has 0 aliphatic heterocycles. The zero-order chi connectivity index (χ0) is 19.9. The third kappa shape index (κ3) is 5.43. The molecule has 2 aliphatic carbocycles. The molecule has 28 heavy (non-hydrogen) atoms. The molecule has 152 valence electrons. The van der Waals surface area contributed by atoms with Crippen molar-refractivity contribution in [2.75, 3.05) is 0 Å². The minimum Gasteiger partial charge on any atom is -0.216 e. The van der Waals surface area contributed by atoms with Crippen LogP contribution in [0.4, 0.5) is 13.2 Å². The number of hydrogen-bond acceptors (Lipinski definition) is 0. The van der Waals surface area contributed by atoms with Crippen LogP contribution in [0.5, 0.6) is 0 Å². The third-order valence-electron chi connectivity index (χ3n) is 6.60. The van der Waals surface area contributed by atoms with E-state index in [1.165, 1.54) is 25.0 Å². The molecule has 2 fully saturated rings. The van der Waals surface area contributed by atoms with Crippen LogP contribution in [0.15, 0.2) is 24.5 Å². The molecule has 1 aromatic carbocycles. The molecule has 3 heteroatoms. The topological polar surface area (TPSA) is 0 Å². The first kappa shape index (κ1) is 21.0. The van der Waals surface area contributed by atoms with Crippen LogP contribution in [0.25, 0.3) is 0 Å². The van der Waals surface area contributed by atoms with Gasteiger partial charge in [-0.3, -0.25) is 0 Å². The molecule has 2 aliphatic rings. The summed E-state index contributed by atoms with van der Waals surface area (Å²) in [5.41, 5.74) is 0.684. The summed E-state index contributed by atoms with van der Waals surface area (Å²) in [6.07, 6.45) is 12.5. The van der Waals surface area contributed by atoms with Crippen LogP contribution in [-0.2, 0) is 0 Å². The predicted molar refractivity (Wildman–Crippen MR) is 109 cm³/mol. The number of hydrogen-bond donors (Lipinski definition) is 0. The quantitative estimate of drug-likeness (QED) is 0.464. The Hall–Kier alpha value is -1.69. The number of benzene rings is 1. The van der Waals surface area contributed by atoms with Crippen LogP contribution in [0.3, 0.4) is 0 Å². The largest absolute Gasteiger partial charge is 0.216 e. The SMILES string of the molecule is CCCC1CCC(c2cc(F)c(C#CC3CCC(C=CF)CC3)c(F)c2)CC1. The van der Waals surface area contributed by atoms with Gasteiger partial charge in [-0.2, -0.15) is 0 Å². The highest BCUT2D eigenvalue weighted by Crippen LogP contribution is 2.38. The van der Waals surface area contributed by atoms with Crippen molar-refractivity contribution in [1.82, 2.24) is 0 Å². The molecule has 0 heterocycles. The summed E-state index contributed by atoms with van der Waals surface area (Å²) in [4.78, 5) is 0. The van der Waals surface area contributed by atoms with Gasteiger partial charge in [0.05, 0.1) is 11.9 Å². The Labute approximate surface area is 167 Å². The molecule has 3 rings (SSSR count). The number of allylic oxidation sites excluding steroid dienone is 1. The average Bonchev–Trinajstić information content (AvgIpc) is 2.69. The van der Waals surface area contributed by atoms with E-state index < -0.39 is 11.6 Å². The summed E-state index contributed by atoms with van der Waals surface area (Å²) < 4.78 is 41.4. The monoisotopic (exact) mass is 388 g/mol. The molecule has 1 aromatic rings. The summed E-state index contributed by atoms with van der Waals surface area (Å²) in [6, 6.07) is 3.00. The lowest BCUT2D eigenvalue weighted by Gasteiger charge is -2.28. The predicted octanol–water partition coefficient (Wildman–Crippen LogP) is 7.68. The molecule has 2 saturated carbocycles. The lowest BCUT2D eigenvalue weighted by molar-refractivity contribution is 0.307. The Morgan fingerprint density at radius 1 is 0.964 bits per heavy atom. The van der Waals surface area contributed by atoms with Crippen molar-refractivity contribution in [3.63, 3.8) is 0 Å². The van der Waals surface area contributed by atoms with E-state index in [1.807, 2.05) is 0 Å². The van der Waals surface area contributed by atoms with E-state index in [0.717, 1.165) is 62.8 Å². The Morgan fingerprint density at radius 2 is 1.61 bits per heavy atom. The first-order valence-electron chi connectivity index (χ1n) is 10.9. The lowest BCUT2D eigenvalue weighted by atomic mass is 9.77. The Morgan fingerprint density at radius 3 is 2.18 bits per heavy atom. The van der Waals surface area contributed by atoms with E-state index in [4.69, 9.17) is 0 Å². The molecular formula is C25H31F3. The zero-order valence-corrected chi connectivity index (χ0v) is 16.8. The van der Waals surface area contributed by atoms with Crippen molar-refractivity contribution in [2.45, 2.75) is 77.0 Å². The molecule has 0 aromatic heterocycles. The van der Waals surface area contributed by atoms with Crippen LogP contribution in [0.2, 0.25) is 0 Å². The van der Waals surface area contributed by atoms with E-state index in [9.17, 15) is 13.2 Å². The smallest absolute Gasteiger partial charge is 0.142 e. The summed E-state index contributed by atoms with van der Waals surface area (Å²) >= 11 is 0. The highest BCUT2D eigenvalue weighted by molar-refractivity contribution is 5.40. The Kier molecular flexibility index (Phi) is 7.65. The van der Waals surface area contributed by atoms with E-state index in [1.54, 1.807) is 6.08 Å². The zero-order valence-electron chi connectivity index (χ0n) is 16.8. The molecular weight excluding hydrogens is 357 g/mol. The van der Waals surface area contributed by atoms with Gasteiger partial charge < -0.3 is 0 Å². The van der Waals surface area contributed by atoms with E-state index in [2.05, 4.69) is 18.8 Å². The van der Waals surface area contributed by atoms with Gasteiger partial charge >= 0.3 is 0 Å². The first-order chi connectivity index (χ1) is 13.6. The van der Waals surface area contributed by atoms with Gasteiger partial charge in [0.2, 0.25) is 0 Å². The summed E-state index contributed by atoms with van der Waals surface area (Å²) in [6.45, 7) is 2.21. The van der Waals surface area contributed by atoms with Crippen molar-refractivity contribution in [3.05, 3.63) is 47.3 Å². The highest BCUT2D eigenvalue weighted by atomic mass is 19.1. The maximum Gasteiger partial charge on any atom is 0.142 e. The second kappa shape index (κ2) is 10.2. The molecule has 0 spiro atoms. The molecule has 0 amide bonds. The van der Waals surface area contributed by atoms with Crippen LogP contribution in [0, 0.1) is 41.2 Å². The minimum atomic E-state index is -0.535. The molecule has 0 N–H and O–H groups in total. The van der Waals surface area contributed by atoms with Gasteiger partial charge in [-0.05, 0) is 86.8 Å². The fraction of sp³-hybridized carbons (Fsp3) is 0.600. The van der Waals surface area contributed by atoms with Gasteiger partial charge in [0.25, 0.3) is 0 Å². The van der Waals surface area contributed by atoms with Gasteiger partial charge in [-0.15, -0.1) is 0 Å². The average molecular weight is 389 g/mol. The molecule has 0 unspecified atom stereocenters. The van der Waals surface area contributed by atoms with Crippen LogP contribution in [-0.4, -0.2) is 0 Å². The van der Waals surface area contributed by atoms with Crippen molar-refractivity contribution in [3.8, 4) is 11.8 Å². The molecule has 0 bridgehead atoms. The van der Waals surface area contributed by atoms with E-state index >= 15 is 0 Å². The van der Waals surface area contributed by atoms with Crippen LogP contribution >= 0.6 is 0 Å². The van der Waals surface area contributed by atoms with Crippen molar-refractivity contribution in [2.24, 2.45) is 17.8 Å². The maximum absolute atomic E-state index is 14.6. The standard InChI is InChI=1S/C25H31F3/c1-2-3-18-8-11-21(12-9-18)22-16-24(27)23(25(28)17-22)13-10-19-4-6-20(7-5-19)14-15-26/h14-21H,2-9,11-12H2,1H3. The van der Waals surface area contributed by atoms with Crippen molar-refractivity contribution in [1.29, 1.82) is 0 Å².